The van der Waals surface area contributed by atoms with Gasteiger partial charge in [0.15, 0.2) is 11.6 Å². The molecule has 27 heavy (non-hydrogen) atoms. The second kappa shape index (κ2) is 7.64. The van der Waals surface area contributed by atoms with Gasteiger partial charge in [-0.1, -0.05) is 18.9 Å². The minimum atomic E-state index is -0.457. The molecule has 1 aromatic heterocycles. The Hall–Kier alpha value is -2.47. The first-order valence-corrected chi connectivity index (χ1v) is 9.53. The van der Waals surface area contributed by atoms with E-state index in [4.69, 9.17) is 4.74 Å². The molecule has 0 spiro atoms. The summed E-state index contributed by atoms with van der Waals surface area (Å²) in [6.07, 6.45) is 7.50. The van der Waals surface area contributed by atoms with Gasteiger partial charge in [0.2, 0.25) is 5.91 Å². The van der Waals surface area contributed by atoms with E-state index in [0.717, 1.165) is 32.4 Å². The zero-order chi connectivity index (χ0) is 18.7. The van der Waals surface area contributed by atoms with Crippen LogP contribution in [0.1, 0.15) is 31.2 Å². The SMILES string of the molecule is O=C(NCc1ccc(Oc2cccnc2)c(F)c1)[C@@]12CCCC[C@H]1CNC2. The molecule has 0 radical (unpaired) electrons. The van der Waals surface area contributed by atoms with Crippen LogP contribution in [0.25, 0.3) is 0 Å². The fourth-order valence-corrected chi connectivity index (χ4v) is 4.32. The summed E-state index contributed by atoms with van der Waals surface area (Å²) in [5, 5.41) is 6.41. The van der Waals surface area contributed by atoms with E-state index in [9.17, 15) is 9.18 Å². The van der Waals surface area contributed by atoms with E-state index in [1.165, 1.54) is 18.7 Å². The van der Waals surface area contributed by atoms with Gasteiger partial charge in [-0.2, -0.15) is 0 Å². The van der Waals surface area contributed by atoms with Crippen molar-refractivity contribution in [1.29, 1.82) is 0 Å². The van der Waals surface area contributed by atoms with Crippen LogP contribution in [0.2, 0.25) is 0 Å². The van der Waals surface area contributed by atoms with Crippen molar-refractivity contribution in [3.8, 4) is 11.5 Å². The van der Waals surface area contributed by atoms with Crippen LogP contribution in [0.5, 0.6) is 11.5 Å². The van der Waals surface area contributed by atoms with Gasteiger partial charge in [-0.25, -0.2) is 4.39 Å². The maximum atomic E-state index is 14.4. The molecule has 2 aromatic rings. The lowest BCUT2D eigenvalue weighted by Gasteiger charge is -2.37. The van der Waals surface area contributed by atoms with Crippen LogP contribution in [0.15, 0.2) is 42.7 Å². The van der Waals surface area contributed by atoms with E-state index in [1.807, 2.05) is 0 Å². The second-order valence-electron chi connectivity index (χ2n) is 7.47. The Morgan fingerprint density at radius 3 is 3.11 bits per heavy atom. The standard InChI is InChI=1S/C21H24FN3O2/c22-18-10-15(6-7-19(18)27-17-5-3-9-23-13-17)11-25-20(26)21-8-2-1-4-16(21)12-24-14-21/h3,5-7,9-10,13,16,24H,1-2,4,8,11-12,14H2,(H,25,26)/t16-,21+/m0/s1. The van der Waals surface area contributed by atoms with Gasteiger partial charge in [-0.3, -0.25) is 9.78 Å². The maximum Gasteiger partial charge on any atom is 0.228 e. The summed E-state index contributed by atoms with van der Waals surface area (Å²) in [6.45, 7) is 1.98. The Balaban J connectivity index is 1.40. The van der Waals surface area contributed by atoms with E-state index in [0.29, 0.717) is 23.8 Å². The highest BCUT2D eigenvalue weighted by Crippen LogP contribution is 2.43. The van der Waals surface area contributed by atoms with Crippen LogP contribution in [0.3, 0.4) is 0 Å². The molecule has 1 saturated carbocycles. The molecule has 1 saturated heterocycles. The number of aromatic nitrogens is 1. The average molecular weight is 369 g/mol. The number of benzene rings is 1. The van der Waals surface area contributed by atoms with Crippen molar-refractivity contribution < 1.29 is 13.9 Å². The van der Waals surface area contributed by atoms with Crippen molar-refractivity contribution in [2.24, 2.45) is 11.3 Å². The minimum absolute atomic E-state index is 0.0910. The quantitative estimate of drug-likeness (QED) is 0.848. The molecule has 142 valence electrons. The Morgan fingerprint density at radius 2 is 2.30 bits per heavy atom. The molecule has 2 aliphatic rings. The number of amides is 1. The lowest BCUT2D eigenvalue weighted by atomic mass is 9.67. The van der Waals surface area contributed by atoms with E-state index < -0.39 is 5.82 Å². The molecule has 0 bridgehead atoms. The third-order valence-electron chi connectivity index (χ3n) is 5.80. The van der Waals surface area contributed by atoms with Gasteiger partial charge in [0.05, 0.1) is 11.6 Å². The minimum Gasteiger partial charge on any atom is -0.453 e. The molecule has 1 amide bonds. The number of pyridine rings is 1. The van der Waals surface area contributed by atoms with Crippen LogP contribution < -0.4 is 15.4 Å². The number of hydrogen-bond acceptors (Lipinski definition) is 4. The Morgan fingerprint density at radius 1 is 1.37 bits per heavy atom. The lowest BCUT2D eigenvalue weighted by Crippen LogP contribution is -2.47. The molecule has 2 atom stereocenters. The lowest BCUT2D eigenvalue weighted by molar-refractivity contribution is -0.134. The third kappa shape index (κ3) is 3.67. The first-order chi connectivity index (χ1) is 13.2. The number of fused-ring (bicyclic) bond motifs is 1. The van der Waals surface area contributed by atoms with Gasteiger partial charge in [0.25, 0.3) is 0 Å². The monoisotopic (exact) mass is 369 g/mol. The van der Waals surface area contributed by atoms with Gasteiger partial charge in [0, 0.05) is 19.3 Å². The van der Waals surface area contributed by atoms with Crippen molar-refractivity contribution in [1.82, 2.24) is 15.6 Å². The Labute approximate surface area is 158 Å². The van der Waals surface area contributed by atoms with Gasteiger partial charge in [-0.05, 0) is 55.1 Å². The van der Waals surface area contributed by atoms with Gasteiger partial charge in [-0.15, -0.1) is 0 Å². The van der Waals surface area contributed by atoms with E-state index in [1.54, 1.807) is 30.5 Å². The van der Waals surface area contributed by atoms with Crippen molar-refractivity contribution in [3.05, 3.63) is 54.1 Å². The molecule has 2 N–H and O–H groups in total. The molecule has 4 rings (SSSR count). The first-order valence-electron chi connectivity index (χ1n) is 9.53. The highest BCUT2D eigenvalue weighted by atomic mass is 19.1. The Kier molecular flexibility index (Phi) is 5.07. The van der Waals surface area contributed by atoms with E-state index in [-0.39, 0.29) is 17.1 Å². The molecule has 1 aliphatic heterocycles. The smallest absolute Gasteiger partial charge is 0.228 e. The van der Waals surface area contributed by atoms with E-state index >= 15 is 0 Å². The topological polar surface area (TPSA) is 63.2 Å². The summed E-state index contributed by atoms with van der Waals surface area (Å²) in [7, 11) is 0. The summed E-state index contributed by atoms with van der Waals surface area (Å²) >= 11 is 0. The van der Waals surface area contributed by atoms with Gasteiger partial charge in [0.1, 0.15) is 5.75 Å². The third-order valence-corrected chi connectivity index (χ3v) is 5.80. The first kappa shape index (κ1) is 17.9. The van der Waals surface area contributed by atoms with Crippen molar-refractivity contribution in [3.63, 3.8) is 0 Å². The summed E-state index contributed by atoms with van der Waals surface area (Å²) in [5.74, 6) is 0.672. The molecule has 2 heterocycles. The number of rotatable bonds is 5. The summed E-state index contributed by atoms with van der Waals surface area (Å²) in [4.78, 5) is 16.8. The largest absolute Gasteiger partial charge is 0.453 e. The number of carbonyl (C=O) groups excluding carboxylic acids is 1. The fourth-order valence-electron chi connectivity index (χ4n) is 4.32. The van der Waals surface area contributed by atoms with Crippen molar-refractivity contribution >= 4 is 5.91 Å². The zero-order valence-corrected chi connectivity index (χ0v) is 15.2. The van der Waals surface area contributed by atoms with Crippen LogP contribution in [0, 0.1) is 17.2 Å². The number of carbonyl (C=O) groups is 1. The molecule has 1 aliphatic carbocycles. The predicted octanol–water partition coefficient (Wildman–Crippen LogP) is 3.41. The molecule has 5 nitrogen and oxygen atoms in total. The van der Waals surface area contributed by atoms with Crippen molar-refractivity contribution in [2.45, 2.75) is 32.2 Å². The van der Waals surface area contributed by atoms with Crippen molar-refractivity contribution in [2.75, 3.05) is 13.1 Å². The average Bonchev–Trinajstić information content (AvgIpc) is 3.14. The molecule has 0 unspecified atom stereocenters. The van der Waals surface area contributed by atoms with Crippen LogP contribution in [-0.4, -0.2) is 24.0 Å². The van der Waals surface area contributed by atoms with Gasteiger partial charge >= 0.3 is 0 Å². The van der Waals surface area contributed by atoms with E-state index in [2.05, 4.69) is 15.6 Å². The second-order valence-corrected chi connectivity index (χ2v) is 7.47. The van der Waals surface area contributed by atoms with Gasteiger partial charge < -0.3 is 15.4 Å². The predicted molar refractivity (Wildman–Crippen MR) is 99.8 cm³/mol. The fraction of sp³-hybridized carbons (Fsp3) is 0.429. The molecule has 1 aromatic carbocycles. The summed E-state index contributed by atoms with van der Waals surface area (Å²) in [5.41, 5.74) is 0.425. The summed E-state index contributed by atoms with van der Waals surface area (Å²) in [6, 6.07) is 8.22. The summed E-state index contributed by atoms with van der Waals surface area (Å²) < 4.78 is 19.9. The normalized spacial score (nSPS) is 24.3. The number of nitrogens with one attached hydrogen (secondary N) is 2. The van der Waals surface area contributed by atoms with Crippen LogP contribution >= 0.6 is 0 Å². The Bertz CT molecular complexity index is 814. The molecular weight excluding hydrogens is 345 g/mol. The number of hydrogen-bond donors (Lipinski definition) is 2. The highest BCUT2D eigenvalue weighted by molar-refractivity contribution is 5.83. The van der Waals surface area contributed by atoms with Crippen LogP contribution in [-0.2, 0) is 11.3 Å². The molecule has 2 fully saturated rings. The number of nitrogens with zero attached hydrogens (tertiary/aromatic N) is 1. The molecule has 6 heteroatoms. The highest BCUT2D eigenvalue weighted by Gasteiger charge is 2.49. The number of halogens is 1. The zero-order valence-electron chi connectivity index (χ0n) is 15.2. The maximum absolute atomic E-state index is 14.4. The van der Waals surface area contributed by atoms with Crippen LogP contribution in [0.4, 0.5) is 4.39 Å². The number of ether oxygens (including phenoxy) is 1. The molecular formula is C21H24FN3O2.